The van der Waals surface area contributed by atoms with E-state index in [1.165, 1.54) is 17.0 Å². The van der Waals surface area contributed by atoms with Crippen molar-refractivity contribution >= 4 is 5.97 Å². The molecule has 0 aliphatic heterocycles. The van der Waals surface area contributed by atoms with Gasteiger partial charge in [0.15, 0.2) is 6.10 Å². The Morgan fingerprint density at radius 3 is 3.00 bits per heavy atom. The van der Waals surface area contributed by atoms with Crippen LogP contribution in [0.1, 0.15) is 6.92 Å². The summed E-state index contributed by atoms with van der Waals surface area (Å²) in [6, 6.07) is 1.56. The normalized spacial score (nSPS) is 12.3. The van der Waals surface area contributed by atoms with E-state index in [9.17, 15) is 9.59 Å². The first-order valence-corrected chi connectivity index (χ1v) is 4.51. The molecule has 0 saturated heterocycles. The number of ether oxygens (including phenoxy) is 1. The number of hydrogen-bond donors (Lipinski definition) is 1. The van der Waals surface area contributed by atoms with Crippen molar-refractivity contribution in [2.45, 2.75) is 19.6 Å². The zero-order valence-corrected chi connectivity index (χ0v) is 8.29. The molecule has 82 valence electrons. The number of hydrogen-bond acceptors (Lipinski definition) is 4. The highest BCUT2D eigenvalue weighted by atomic mass is 16.5. The number of aromatic nitrogens is 2. The van der Waals surface area contributed by atoms with Crippen LogP contribution in [0.4, 0.5) is 0 Å². The third-order valence-corrected chi connectivity index (χ3v) is 1.79. The number of carboxylic acid groups (broad SMARTS) is 1. The molecule has 0 radical (unpaired) electrons. The minimum Gasteiger partial charge on any atom is -0.479 e. The summed E-state index contributed by atoms with van der Waals surface area (Å²) >= 11 is 0. The summed E-state index contributed by atoms with van der Waals surface area (Å²) in [5, 5.41) is 8.80. The van der Waals surface area contributed by atoms with Gasteiger partial charge in [0, 0.05) is 19.0 Å². The Labute approximate surface area is 86.1 Å². The highest BCUT2D eigenvalue weighted by Gasteiger charge is 2.18. The second-order valence-corrected chi connectivity index (χ2v) is 2.84. The zero-order valence-electron chi connectivity index (χ0n) is 8.29. The fourth-order valence-electron chi connectivity index (χ4n) is 1.11. The molecular formula is C9H12N2O4. The van der Waals surface area contributed by atoms with Crippen molar-refractivity contribution in [3.8, 4) is 0 Å². The Bertz CT molecular complexity index is 388. The maximum Gasteiger partial charge on any atom is 0.347 e. The first-order chi connectivity index (χ1) is 7.15. The third-order valence-electron chi connectivity index (χ3n) is 1.79. The van der Waals surface area contributed by atoms with Crippen LogP contribution in [-0.4, -0.2) is 33.3 Å². The highest BCUT2D eigenvalue weighted by Crippen LogP contribution is 1.95. The fraction of sp³-hybridized carbons (Fsp3) is 0.444. The van der Waals surface area contributed by atoms with Crippen LogP contribution in [0.15, 0.2) is 23.3 Å². The lowest BCUT2D eigenvalue weighted by Gasteiger charge is -2.12. The van der Waals surface area contributed by atoms with Gasteiger partial charge in [0.2, 0.25) is 0 Å². The predicted molar refractivity (Wildman–Crippen MR) is 51.5 cm³/mol. The highest BCUT2D eigenvalue weighted by molar-refractivity contribution is 5.72. The zero-order chi connectivity index (χ0) is 11.3. The number of rotatable bonds is 5. The molecule has 1 unspecified atom stereocenters. The lowest BCUT2D eigenvalue weighted by molar-refractivity contribution is -0.151. The van der Waals surface area contributed by atoms with Crippen LogP contribution in [0.5, 0.6) is 0 Å². The molecule has 1 aromatic rings. The Morgan fingerprint density at radius 2 is 2.47 bits per heavy atom. The number of carbonyl (C=O) groups is 1. The molecule has 1 atom stereocenters. The molecule has 0 aliphatic carbocycles. The number of aliphatic carboxylic acids is 1. The maximum absolute atomic E-state index is 11.2. The minimum atomic E-state index is -1.09. The summed E-state index contributed by atoms with van der Waals surface area (Å²) in [5.41, 5.74) is -0.483. The second-order valence-electron chi connectivity index (χ2n) is 2.84. The molecule has 6 heteroatoms. The molecule has 1 heterocycles. The Hall–Kier alpha value is -1.69. The lowest BCUT2D eigenvalue weighted by atomic mass is 10.3. The molecule has 15 heavy (non-hydrogen) atoms. The Balaban J connectivity index is 2.79. The van der Waals surface area contributed by atoms with E-state index in [0.717, 1.165) is 0 Å². The van der Waals surface area contributed by atoms with Crippen LogP contribution in [0.2, 0.25) is 0 Å². The van der Waals surface area contributed by atoms with E-state index in [1.54, 1.807) is 13.0 Å². The van der Waals surface area contributed by atoms with E-state index in [-0.39, 0.29) is 13.2 Å². The molecular weight excluding hydrogens is 200 g/mol. The topological polar surface area (TPSA) is 81.4 Å². The van der Waals surface area contributed by atoms with Crippen LogP contribution < -0.4 is 5.69 Å². The van der Waals surface area contributed by atoms with Crippen molar-refractivity contribution in [1.82, 2.24) is 9.55 Å². The quantitative estimate of drug-likeness (QED) is 0.726. The number of carboxylic acids is 1. The van der Waals surface area contributed by atoms with Gasteiger partial charge < -0.3 is 9.84 Å². The van der Waals surface area contributed by atoms with Crippen LogP contribution in [0.25, 0.3) is 0 Å². The average Bonchev–Trinajstić information content (AvgIpc) is 2.20. The van der Waals surface area contributed by atoms with Crippen LogP contribution in [0.3, 0.4) is 0 Å². The van der Waals surface area contributed by atoms with Crippen molar-refractivity contribution in [3.05, 3.63) is 28.9 Å². The van der Waals surface area contributed by atoms with Gasteiger partial charge in [0.05, 0.1) is 6.54 Å². The smallest absolute Gasteiger partial charge is 0.347 e. The average molecular weight is 212 g/mol. The third kappa shape index (κ3) is 3.17. The molecule has 0 bridgehead atoms. The fourth-order valence-corrected chi connectivity index (χ4v) is 1.11. The Morgan fingerprint density at radius 1 is 1.73 bits per heavy atom. The van der Waals surface area contributed by atoms with Gasteiger partial charge in [-0.15, -0.1) is 0 Å². The van der Waals surface area contributed by atoms with Gasteiger partial charge in [0.1, 0.15) is 0 Å². The van der Waals surface area contributed by atoms with Crippen molar-refractivity contribution < 1.29 is 14.6 Å². The number of nitrogens with zero attached hydrogens (tertiary/aromatic N) is 2. The van der Waals surface area contributed by atoms with Gasteiger partial charge in [-0.3, -0.25) is 4.57 Å². The van der Waals surface area contributed by atoms with Gasteiger partial charge in [-0.25, -0.2) is 14.6 Å². The van der Waals surface area contributed by atoms with E-state index in [1.807, 2.05) is 0 Å². The van der Waals surface area contributed by atoms with E-state index >= 15 is 0 Å². The molecule has 0 amide bonds. The minimum absolute atomic E-state index is 0.0319. The summed E-state index contributed by atoms with van der Waals surface area (Å²) in [5.74, 6) is -1.09. The molecule has 1 rings (SSSR count). The van der Waals surface area contributed by atoms with Crippen molar-refractivity contribution in [1.29, 1.82) is 0 Å². The Kier molecular flexibility index (Phi) is 3.99. The summed E-state index contributed by atoms with van der Waals surface area (Å²) < 4.78 is 6.18. The van der Waals surface area contributed by atoms with E-state index in [2.05, 4.69) is 4.98 Å². The molecule has 1 aromatic heterocycles. The lowest BCUT2D eigenvalue weighted by Crippen LogP contribution is -2.34. The summed E-state index contributed by atoms with van der Waals surface area (Å²) in [6.07, 6.45) is 1.82. The van der Waals surface area contributed by atoms with Crippen molar-refractivity contribution in [3.63, 3.8) is 0 Å². The molecule has 0 saturated carbocycles. The summed E-state index contributed by atoms with van der Waals surface area (Å²) in [6.45, 7) is 1.95. The monoisotopic (exact) mass is 212 g/mol. The first-order valence-electron chi connectivity index (χ1n) is 4.51. The molecule has 0 fully saturated rings. The van der Waals surface area contributed by atoms with E-state index in [0.29, 0.717) is 0 Å². The summed E-state index contributed by atoms with van der Waals surface area (Å²) in [7, 11) is 0. The molecule has 0 aromatic carbocycles. The predicted octanol–water partition coefficient (Wildman–Crippen LogP) is -0.267. The SMILES string of the molecule is CCOC(Cn1cccnc1=O)C(=O)O. The maximum atomic E-state index is 11.2. The van der Waals surface area contributed by atoms with Gasteiger partial charge >= 0.3 is 11.7 Å². The van der Waals surface area contributed by atoms with Crippen molar-refractivity contribution in [2.75, 3.05) is 6.61 Å². The van der Waals surface area contributed by atoms with Crippen molar-refractivity contribution in [2.24, 2.45) is 0 Å². The largest absolute Gasteiger partial charge is 0.479 e. The molecule has 1 N–H and O–H groups in total. The standard InChI is InChI=1S/C9H12N2O4/c1-2-15-7(8(12)13)6-11-5-3-4-10-9(11)14/h3-5,7H,2,6H2,1H3,(H,12,13). The molecule has 0 aliphatic rings. The second kappa shape index (κ2) is 5.26. The van der Waals surface area contributed by atoms with Gasteiger partial charge in [-0.05, 0) is 13.0 Å². The van der Waals surface area contributed by atoms with E-state index < -0.39 is 17.8 Å². The van der Waals surface area contributed by atoms with Gasteiger partial charge in [-0.1, -0.05) is 0 Å². The van der Waals surface area contributed by atoms with Gasteiger partial charge in [0.25, 0.3) is 0 Å². The van der Waals surface area contributed by atoms with E-state index in [4.69, 9.17) is 9.84 Å². The van der Waals surface area contributed by atoms with Crippen LogP contribution >= 0.6 is 0 Å². The first kappa shape index (κ1) is 11.4. The molecule has 0 spiro atoms. The summed E-state index contributed by atoms with van der Waals surface area (Å²) in [4.78, 5) is 25.4. The van der Waals surface area contributed by atoms with Crippen LogP contribution in [0, 0.1) is 0 Å². The van der Waals surface area contributed by atoms with Crippen LogP contribution in [-0.2, 0) is 16.1 Å². The van der Waals surface area contributed by atoms with Gasteiger partial charge in [-0.2, -0.15) is 0 Å². The molecule has 6 nitrogen and oxygen atoms in total.